The molecule has 0 aromatic heterocycles. The fourth-order valence-corrected chi connectivity index (χ4v) is 2.19. The van der Waals surface area contributed by atoms with Crippen LogP contribution in [0.1, 0.15) is 22.8 Å². The molecule has 0 aliphatic carbocycles. The first-order valence-corrected chi connectivity index (χ1v) is 6.24. The minimum absolute atomic E-state index is 0.00474. The second-order valence-corrected chi connectivity index (χ2v) is 4.79. The zero-order valence-electron chi connectivity index (χ0n) is 10.3. The van der Waals surface area contributed by atoms with Gasteiger partial charge in [0.15, 0.2) is 11.6 Å². The highest BCUT2D eigenvalue weighted by Crippen LogP contribution is 2.27. The van der Waals surface area contributed by atoms with E-state index in [1.807, 2.05) is 0 Å². The predicted molar refractivity (Wildman–Crippen MR) is 71.2 cm³/mol. The van der Waals surface area contributed by atoms with E-state index in [0.717, 1.165) is 11.6 Å². The Labute approximate surface area is 115 Å². The zero-order chi connectivity index (χ0) is 14.0. The standard InChI is InChI=1S/C15H13ClF2O/c1-9-11(5-3-6-12(9)16)14(19)8-10-4-2-7-13(17)15(10)18/h2-7,14,19H,8H2,1H3. The van der Waals surface area contributed by atoms with Gasteiger partial charge in [0.1, 0.15) is 0 Å². The largest absolute Gasteiger partial charge is 0.388 e. The summed E-state index contributed by atoms with van der Waals surface area (Å²) in [5, 5.41) is 10.7. The maximum absolute atomic E-state index is 13.5. The van der Waals surface area contributed by atoms with Crippen LogP contribution >= 0.6 is 11.6 Å². The lowest BCUT2D eigenvalue weighted by atomic mass is 9.97. The lowest BCUT2D eigenvalue weighted by Crippen LogP contribution is -2.06. The quantitative estimate of drug-likeness (QED) is 0.894. The van der Waals surface area contributed by atoms with Gasteiger partial charge in [-0.1, -0.05) is 35.9 Å². The van der Waals surface area contributed by atoms with Gasteiger partial charge in [0.25, 0.3) is 0 Å². The molecule has 2 aromatic rings. The Morgan fingerprint density at radius 2 is 1.84 bits per heavy atom. The molecule has 2 aromatic carbocycles. The Morgan fingerprint density at radius 1 is 1.16 bits per heavy atom. The van der Waals surface area contributed by atoms with Crippen LogP contribution < -0.4 is 0 Å². The monoisotopic (exact) mass is 282 g/mol. The van der Waals surface area contributed by atoms with Crippen LogP contribution in [0.2, 0.25) is 5.02 Å². The summed E-state index contributed by atoms with van der Waals surface area (Å²) in [6, 6.07) is 9.09. The highest BCUT2D eigenvalue weighted by Gasteiger charge is 2.16. The van der Waals surface area contributed by atoms with Crippen molar-refractivity contribution in [2.45, 2.75) is 19.4 Å². The summed E-state index contributed by atoms with van der Waals surface area (Å²) >= 11 is 5.97. The molecule has 0 amide bonds. The molecule has 1 unspecified atom stereocenters. The molecule has 0 aliphatic rings. The minimum Gasteiger partial charge on any atom is -0.388 e. The molecule has 0 fully saturated rings. The van der Waals surface area contributed by atoms with E-state index in [-0.39, 0.29) is 12.0 Å². The predicted octanol–water partition coefficient (Wildman–Crippen LogP) is 4.20. The van der Waals surface area contributed by atoms with Crippen LogP contribution in [0, 0.1) is 18.6 Å². The van der Waals surface area contributed by atoms with Crippen molar-refractivity contribution in [2.24, 2.45) is 0 Å². The van der Waals surface area contributed by atoms with E-state index in [0.29, 0.717) is 10.6 Å². The Hall–Kier alpha value is -1.45. The van der Waals surface area contributed by atoms with Gasteiger partial charge in [0.2, 0.25) is 0 Å². The Bertz CT molecular complexity index is 599. The van der Waals surface area contributed by atoms with E-state index in [2.05, 4.69) is 0 Å². The minimum atomic E-state index is -0.921. The number of hydrogen-bond acceptors (Lipinski definition) is 1. The number of benzene rings is 2. The first-order valence-electron chi connectivity index (χ1n) is 5.86. The molecular formula is C15H13ClF2O. The fourth-order valence-electron chi connectivity index (χ4n) is 2.01. The maximum Gasteiger partial charge on any atom is 0.162 e. The van der Waals surface area contributed by atoms with Crippen LogP contribution in [0.5, 0.6) is 0 Å². The van der Waals surface area contributed by atoms with E-state index in [9.17, 15) is 13.9 Å². The van der Waals surface area contributed by atoms with Crippen LogP contribution in [-0.4, -0.2) is 5.11 Å². The van der Waals surface area contributed by atoms with Crippen molar-refractivity contribution in [1.82, 2.24) is 0 Å². The maximum atomic E-state index is 13.5. The summed E-state index contributed by atoms with van der Waals surface area (Å²) in [5.41, 5.74) is 1.51. The molecule has 0 aliphatic heterocycles. The highest BCUT2D eigenvalue weighted by atomic mass is 35.5. The molecule has 0 bridgehead atoms. The van der Waals surface area contributed by atoms with Crippen LogP contribution in [0.3, 0.4) is 0 Å². The topological polar surface area (TPSA) is 20.2 Å². The van der Waals surface area contributed by atoms with E-state index >= 15 is 0 Å². The molecule has 100 valence electrons. The molecule has 0 spiro atoms. The fraction of sp³-hybridized carbons (Fsp3) is 0.200. The van der Waals surface area contributed by atoms with Crippen LogP contribution in [-0.2, 0) is 6.42 Å². The lowest BCUT2D eigenvalue weighted by molar-refractivity contribution is 0.176. The molecule has 2 rings (SSSR count). The molecular weight excluding hydrogens is 270 g/mol. The Balaban J connectivity index is 2.28. The summed E-state index contributed by atoms with van der Waals surface area (Å²) < 4.78 is 26.6. The number of aliphatic hydroxyl groups excluding tert-OH is 1. The van der Waals surface area contributed by atoms with Gasteiger partial charge >= 0.3 is 0 Å². The van der Waals surface area contributed by atoms with Crippen LogP contribution in [0.25, 0.3) is 0 Å². The highest BCUT2D eigenvalue weighted by molar-refractivity contribution is 6.31. The molecule has 0 saturated heterocycles. The molecule has 1 atom stereocenters. The first kappa shape index (κ1) is 14.0. The molecule has 1 nitrogen and oxygen atoms in total. The summed E-state index contributed by atoms with van der Waals surface area (Å²) in [5.74, 6) is -1.83. The summed E-state index contributed by atoms with van der Waals surface area (Å²) in [7, 11) is 0. The zero-order valence-corrected chi connectivity index (χ0v) is 11.1. The second-order valence-electron chi connectivity index (χ2n) is 4.39. The average Bonchev–Trinajstić information content (AvgIpc) is 2.38. The molecule has 0 saturated carbocycles. The summed E-state index contributed by atoms with van der Waals surface area (Å²) in [6.07, 6.45) is -0.917. The van der Waals surface area contributed by atoms with Gasteiger partial charge in [-0.15, -0.1) is 0 Å². The lowest BCUT2D eigenvalue weighted by Gasteiger charge is -2.15. The number of halogens is 3. The molecule has 4 heteroatoms. The van der Waals surface area contributed by atoms with E-state index in [1.54, 1.807) is 25.1 Å². The normalized spacial score (nSPS) is 12.5. The van der Waals surface area contributed by atoms with Crippen molar-refractivity contribution < 1.29 is 13.9 Å². The van der Waals surface area contributed by atoms with Crippen molar-refractivity contribution in [3.63, 3.8) is 0 Å². The second kappa shape index (κ2) is 5.68. The van der Waals surface area contributed by atoms with Gasteiger partial charge in [0.05, 0.1) is 6.10 Å². The molecule has 1 N–H and O–H groups in total. The van der Waals surface area contributed by atoms with Gasteiger partial charge < -0.3 is 5.11 Å². The van der Waals surface area contributed by atoms with E-state index in [1.165, 1.54) is 12.1 Å². The number of rotatable bonds is 3. The van der Waals surface area contributed by atoms with Crippen molar-refractivity contribution >= 4 is 11.6 Å². The smallest absolute Gasteiger partial charge is 0.162 e. The van der Waals surface area contributed by atoms with Crippen molar-refractivity contribution in [3.8, 4) is 0 Å². The third kappa shape index (κ3) is 2.94. The third-order valence-electron chi connectivity index (χ3n) is 3.11. The van der Waals surface area contributed by atoms with Crippen LogP contribution in [0.15, 0.2) is 36.4 Å². The third-order valence-corrected chi connectivity index (χ3v) is 3.52. The van der Waals surface area contributed by atoms with Crippen LogP contribution in [0.4, 0.5) is 8.78 Å². The van der Waals surface area contributed by atoms with Gasteiger partial charge in [0, 0.05) is 11.4 Å². The SMILES string of the molecule is Cc1c(Cl)cccc1C(O)Cc1cccc(F)c1F. The van der Waals surface area contributed by atoms with E-state index in [4.69, 9.17) is 11.6 Å². The van der Waals surface area contributed by atoms with Crippen molar-refractivity contribution in [1.29, 1.82) is 0 Å². The summed E-state index contributed by atoms with van der Waals surface area (Å²) in [4.78, 5) is 0. The van der Waals surface area contributed by atoms with Gasteiger partial charge in [-0.05, 0) is 35.7 Å². The Morgan fingerprint density at radius 3 is 2.58 bits per heavy atom. The van der Waals surface area contributed by atoms with E-state index < -0.39 is 17.7 Å². The molecule has 0 heterocycles. The molecule has 0 radical (unpaired) electrons. The number of aliphatic hydroxyl groups is 1. The first-order chi connectivity index (χ1) is 9.00. The summed E-state index contributed by atoms with van der Waals surface area (Å²) in [6.45, 7) is 1.78. The average molecular weight is 283 g/mol. The van der Waals surface area contributed by atoms with Gasteiger partial charge in [-0.3, -0.25) is 0 Å². The van der Waals surface area contributed by atoms with Crippen molar-refractivity contribution in [2.75, 3.05) is 0 Å². The van der Waals surface area contributed by atoms with Gasteiger partial charge in [-0.2, -0.15) is 0 Å². The van der Waals surface area contributed by atoms with Crippen molar-refractivity contribution in [3.05, 3.63) is 69.7 Å². The molecule has 19 heavy (non-hydrogen) atoms. The van der Waals surface area contributed by atoms with Gasteiger partial charge in [-0.25, -0.2) is 8.78 Å². The Kier molecular flexibility index (Phi) is 4.17. The number of hydrogen-bond donors (Lipinski definition) is 1.